The Bertz CT molecular complexity index is 511. The average molecular weight is 389 g/mol. The zero-order chi connectivity index (χ0) is 20.8. The third-order valence-corrected chi connectivity index (χ3v) is 3.68. The van der Waals surface area contributed by atoms with Gasteiger partial charge in [0.1, 0.15) is 12.1 Å². The molecule has 0 rings (SSSR count). The molecule has 0 aliphatic heterocycles. The van der Waals surface area contributed by atoms with E-state index < -0.39 is 42.5 Å². The summed E-state index contributed by atoms with van der Waals surface area (Å²) in [4.78, 5) is 39.3. The highest BCUT2D eigenvalue weighted by Crippen LogP contribution is 2.03. The number of carbonyl (C=O) groups excluding carboxylic acids is 2. The third kappa shape index (κ3) is 11.0. The van der Waals surface area contributed by atoms with Crippen molar-refractivity contribution in [1.29, 1.82) is 0 Å². The molecule has 0 aromatic rings. The molecule has 0 unspecified atom stereocenters. The number of carboxylic acid groups (broad SMARTS) is 1. The first-order chi connectivity index (χ1) is 12.7. The first kappa shape index (κ1) is 24.6. The molecule has 0 saturated heterocycles. The fourth-order valence-electron chi connectivity index (χ4n) is 2.15. The molecule has 0 radical (unpaired) electrons. The lowest BCUT2D eigenvalue weighted by molar-refractivity contribution is -0.143. The van der Waals surface area contributed by atoms with Gasteiger partial charge in [0.15, 0.2) is 5.96 Å². The maximum atomic E-state index is 12.3. The van der Waals surface area contributed by atoms with E-state index in [0.717, 1.165) is 6.42 Å². The lowest BCUT2D eigenvalue weighted by Gasteiger charge is -2.22. The van der Waals surface area contributed by atoms with Gasteiger partial charge in [-0.05, 0) is 32.2 Å². The molecule has 27 heavy (non-hydrogen) atoms. The van der Waals surface area contributed by atoms with E-state index in [1.165, 1.54) is 0 Å². The lowest BCUT2D eigenvalue weighted by atomic mass is 10.1. The number of aliphatic imine (C=N–C) groups is 1. The van der Waals surface area contributed by atoms with E-state index in [-0.39, 0.29) is 18.9 Å². The largest absolute Gasteiger partial charge is 0.480 e. The summed E-state index contributed by atoms with van der Waals surface area (Å²) in [5.74, 6) is -2.78. The molecule has 0 heterocycles. The number of rotatable bonds is 14. The molecule has 0 fully saturated rings. The molecule has 3 atom stereocenters. The summed E-state index contributed by atoms with van der Waals surface area (Å²) in [6.07, 6.45) is 2.30. The van der Waals surface area contributed by atoms with E-state index in [4.69, 9.17) is 33.1 Å². The van der Waals surface area contributed by atoms with Crippen molar-refractivity contribution in [3.8, 4) is 0 Å². The molecule has 12 N–H and O–H groups in total. The number of hydrogen-bond acceptors (Lipinski definition) is 7. The van der Waals surface area contributed by atoms with Crippen molar-refractivity contribution in [1.82, 2.24) is 10.6 Å². The Balaban J connectivity index is 4.89. The number of carboxylic acids is 1. The summed E-state index contributed by atoms with van der Waals surface area (Å²) in [5, 5.41) is 22.6. The number of aliphatic carboxylic acids is 1. The SMILES string of the molecule is NCCCC[C@H](N)C(=O)N[C@@H](CCCN=C(N)N)C(=O)N[C@@H](CO)C(=O)O. The van der Waals surface area contributed by atoms with Crippen molar-refractivity contribution < 1.29 is 24.6 Å². The van der Waals surface area contributed by atoms with Crippen LogP contribution in [-0.4, -0.2) is 71.8 Å². The summed E-state index contributed by atoms with van der Waals surface area (Å²) in [6.45, 7) is -0.0663. The second-order valence-corrected chi connectivity index (χ2v) is 5.98. The molecule has 2 amide bonds. The van der Waals surface area contributed by atoms with Crippen molar-refractivity contribution in [3.63, 3.8) is 0 Å². The Morgan fingerprint density at radius 2 is 1.59 bits per heavy atom. The zero-order valence-electron chi connectivity index (χ0n) is 15.3. The average Bonchev–Trinajstić information content (AvgIpc) is 2.61. The van der Waals surface area contributed by atoms with E-state index >= 15 is 0 Å². The van der Waals surface area contributed by atoms with Crippen LogP contribution >= 0.6 is 0 Å². The van der Waals surface area contributed by atoms with E-state index in [1.54, 1.807) is 0 Å². The molecule has 0 aliphatic carbocycles. The van der Waals surface area contributed by atoms with Crippen molar-refractivity contribution in [2.45, 2.75) is 50.2 Å². The Kier molecular flexibility index (Phi) is 12.5. The number of hydrogen-bond donors (Lipinski definition) is 8. The van der Waals surface area contributed by atoms with Gasteiger partial charge < -0.3 is 43.8 Å². The Morgan fingerprint density at radius 1 is 0.963 bits per heavy atom. The highest BCUT2D eigenvalue weighted by Gasteiger charge is 2.27. The first-order valence-corrected chi connectivity index (χ1v) is 8.68. The van der Waals surface area contributed by atoms with E-state index in [1.807, 2.05) is 0 Å². The summed E-state index contributed by atoms with van der Waals surface area (Å²) in [6, 6.07) is -3.34. The molecular weight excluding hydrogens is 358 g/mol. The predicted molar refractivity (Wildman–Crippen MR) is 99.4 cm³/mol. The Hall–Kier alpha value is -2.44. The van der Waals surface area contributed by atoms with Gasteiger partial charge in [0.2, 0.25) is 11.8 Å². The topological polar surface area (TPSA) is 232 Å². The van der Waals surface area contributed by atoms with Gasteiger partial charge in [-0.2, -0.15) is 0 Å². The number of amides is 2. The smallest absolute Gasteiger partial charge is 0.328 e. The maximum Gasteiger partial charge on any atom is 0.328 e. The molecule has 0 aromatic heterocycles. The molecule has 0 aliphatic rings. The monoisotopic (exact) mass is 389 g/mol. The minimum Gasteiger partial charge on any atom is -0.480 e. The number of aliphatic hydroxyl groups is 1. The number of unbranched alkanes of at least 4 members (excludes halogenated alkanes) is 1. The molecular formula is C15H31N7O5. The van der Waals surface area contributed by atoms with E-state index in [2.05, 4.69) is 15.6 Å². The number of nitrogens with two attached hydrogens (primary N) is 4. The second-order valence-electron chi connectivity index (χ2n) is 5.98. The van der Waals surface area contributed by atoms with Gasteiger partial charge >= 0.3 is 5.97 Å². The van der Waals surface area contributed by atoms with Crippen molar-refractivity contribution in [2.24, 2.45) is 27.9 Å². The van der Waals surface area contributed by atoms with Crippen LogP contribution in [0.1, 0.15) is 32.1 Å². The minimum atomic E-state index is -1.48. The third-order valence-electron chi connectivity index (χ3n) is 3.68. The first-order valence-electron chi connectivity index (χ1n) is 8.68. The molecule has 0 aromatic carbocycles. The quantitative estimate of drug-likeness (QED) is 0.0836. The minimum absolute atomic E-state index is 0.104. The number of aliphatic hydroxyl groups excluding tert-OH is 1. The van der Waals surface area contributed by atoms with Gasteiger partial charge in [-0.1, -0.05) is 6.42 Å². The Labute approximate surface area is 157 Å². The van der Waals surface area contributed by atoms with Gasteiger partial charge in [0.05, 0.1) is 12.6 Å². The number of nitrogens with zero attached hydrogens (tertiary/aromatic N) is 1. The van der Waals surface area contributed by atoms with E-state index in [0.29, 0.717) is 25.8 Å². The Morgan fingerprint density at radius 3 is 2.11 bits per heavy atom. The van der Waals surface area contributed by atoms with Crippen LogP contribution < -0.4 is 33.6 Å². The molecule has 156 valence electrons. The van der Waals surface area contributed by atoms with Crippen LogP contribution in [0.2, 0.25) is 0 Å². The standard InChI is InChI=1S/C15H31N7O5/c16-6-2-1-4-9(17)12(24)21-10(5-3-7-20-15(18)19)13(25)22-11(8-23)14(26)27/h9-11,23H,1-8,16-17H2,(H,21,24)(H,22,25)(H,26,27)(H4,18,19,20)/t9-,10-,11-/m0/s1. The van der Waals surface area contributed by atoms with Crippen molar-refractivity contribution in [2.75, 3.05) is 19.7 Å². The predicted octanol–water partition coefficient (Wildman–Crippen LogP) is -3.46. The second kappa shape index (κ2) is 13.7. The normalized spacial score (nSPS) is 13.9. The highest BCUT2D eigenvalue weighted by molar-refractivity contribution is 5.91. The molecule has 0 bridgehead atoms. The summed E-state index contributed by atoms with van der Waals surface area (Å²) < 4.78 is 0. The van der Waals surface area contributed by atoms with Gasteiger partial charge in [-0.15, -0.1) is 0 Å². The summed E-state index contributed by atoms with van der Waals surface area (Å²) >= 11 is 0. The maximum absolute atomic E-state index is 12.3. The fraction of sp³-hybridized carbons (Fsp3) is 0.733. The van der Waals surface area contributed by atoms with E-state index in [9.17, 15) is 14.4 Å². The fourth-order valence-corrected chi connectivity index (χ4v) is 2.15. The van der Waals surface area contributed by atoms with Crippen molar-refractivity contribution in [3.05, 3.63) is 0 Å². The highest BCUT2D eigenvalue weighted by atomic mass is 16.4. The number of guanidine groups is 1. The van der Waals surface area contributed by atoms with Crippen LogP contribution in [0.5, 0.6) is 0 Å². The van der Waals surface area contributed by atoms with Crippen LogP contribution in [0.15, 0.2) is 4.99 Å². The van der Waals surface area contributed by atoms with Crippen LogP contribution in [-0.2, 0) is 14.4 Å². The zero-order valence-corrected chi connectivity index (χ0v) is 15.3. The van der Waals surface area contributed by atoms with Crippen molar-refractivity contribution >= 4 is 23.7 Å². The van der Waals surface area contributed by atoms with Crippen LogP contribution in [0, 0.1) is 0 Å². The molecule has 12 nitrogen and oxygen atoms in total. The number of nitrogens with one attached hydrogen (secondary N) is 2. The van der Waals surface area contributed by atoms with Gasteiger partial charge in [0.25, 0.3) is 0 Å². The van der Waals surface area contributed by atoms with Crippen LogP contribution in [0.3, 0.4) is 0 Å². The van der Waals surface area contributed by atoms with Crippen LogP contribution in [0.4, 0.5) is 0 Å². The summed E-state index contributed by atoms with van der Waals surface area (Å²) in [7, 11) is 0. The molecule has 12 heteroatoms. The van der Waals surface area contributed by atoms with Crippen LogP contribution in [0.25, 0.3) is 0 Å². The lowest BCUT2D eigenvalue weighted by Crippen LogP contribution is -2.55. The van der Waals surface area contributed by atoms with Gasteiger partial charge in [-0.3, -0.25) is 14.6 Å². The summed E-state index contributed by atoms with van der Waals surface area (Å²) in [5.41, 5.74) is 21.6. The molecule has 0 spiro atoms. The van der Waals surface area contributed by atoms with Gasteiger partial charge in [-0.25, -0.2) is 4.79 Å². The molecule has 0 saturated carbocycles. The van der Waals surface area contributed by atoms with Gasteiger partial charge in [0, 0.05) is 6.54 Å². The number of carbonyl (C=O) groups is 3.